The predicted molar refractivity (Wildman–Crippen MR) is 121 cm³/mol. The molecule has 1 N–H and O–H groups in total. The Morgan fingerprint density at radius 2 is 1.59 bits per heavy atom. The molecule has 3 aromatic carbocycles. The average Bonchev–Trinajstić information content (AvgIpc) is 3.09. The van der Waals surface area contributed by atoms with E-state index in [9.17, 15) is 0 Å². The fraction of sp³-hybridized carbons (Fsp3) is 0.167. The number of rotatable bonds is 7. The van der Waals surface area contributed by atoms with E-state index >= 15 is 0 Å². The molecule has 0 radical (unpaired) electrons. The molecule has 0 fully saturated rings. The number of fused-ring (bicyclic) bond motifs is 1. The lowest BCUT2D eigenvalue weighted by atomic mass is 10.1. The van der Waals surface area contributed by atoms with Crippen molar-refractivity contribution < 1.29 is 4.74 Å². The highest BCUT2D eigenvalue weighted by Crippen LogP contribution is 2.28. The maximum Gasteiger partial charge on any atom is 0.118 e. The summed E-state index contributed by atoms with van der Waals surface area (Å²) >= 11 is 12.8. The number of benzene rings is 3. The zero-order chi connectivity index (χ0) is 20.2. The lowest BCUT2D eigenvalue weighted by Gasteiger charge is -2.09. The van der Waals surface area contributed by atoms with E-state index in [-0.39, 0.29) is 0 Å². The Morgan fingerprint density at radius 3 is 2.31 bits per heavy atom. The summed E-state index contributed by atoms with van der Waals surface area (Å²) in [6, 6.07) is 22.2. The Hall–Kier alpha value is -2.46. The molecule has 0 unspecified atom stereocenters. The van der Waals surface area contributed by atoms with Crippen LogP contribution in [0.1, 0.15) is 16.7 Å². The van der Waals surface area contributed by atoms with Gasteiger partial charge in [0.15, 0.2) is 0 Å². The van der Waals surface area contributed by atoms with Gasteiger partial charge in [0.25, 0.3) is 0 Å². The lowest BCUT2D eigenvalue weighted by molar-refractivity contribution is 0.414. The van der Waals surface area contributed by atoms with Gasteiger partial charge in [-0.05, 0) is 41.5 Å². The molecular weight excluding hydrogens is 403 g/mol. The van der Waals surface area contributed by atoms with Crippen molar-refractivity contribution in [3.8, 4) is 5.75 Å². The predicted octanol–water partition coefficient (Wildman–Crippen LogP) is 6.29. The van der Waals surface area contributed by atoms with Gasteiger partial charge in [0.2, 0.25) is 0 Å². The second kappa shape index (κ2) is 8.91. The van der Waals surface area contributed by atoms with Gasteiger partial charge in [0, 0.05) is 45.8 Å². The van der Waals surface area contributed by atoms with Crippen LogP contribution >= 0.6 is 23.2 Å². The van der Waals surface area contributed by atoms with E-state index in [0.29, 0.717) is 16.6 Å². The zero-order valence-electron chi connectivity index (χ0n) is 16.2. The number of hydrogen-bond donors (Lipinski definition) is 1. The number of ether oxygens (including phenoxy) is 1. The molecule has 4 rings (SSSR count). The van der Waals surface area contributed by atoms with Crippen LogP contribution in [0.2, 0.25) is 10.0 Å². The van der Waals surface area contributed by atoms with Crippen molar-refractivity contribution in [2.75, 3.05) is 7.11 Å². The third-order valence-electron chi connectivity index (χ3n) is 5.06. The first-order valence-electron chi connectivity index (χ1n) is 9.49. The highest BCUT2D eigenvalue weighted by Gasteiger charge is 2.11. The lowest BCUT2D eigenvalue weighted by Crippen LogP contribution is -2.12. The van der Waals surface area contributed by atoms with Gasteiger partial charge in [0.05, 0.1) is 13.7 Å². The van der Waals surface area contributed by atoms with Crippen molar-refractivity contribution in [3.63, 3.8) is 0 Å². The molecule has 0 aliphatic rings. The summed E-state index contributed by atoms with van der Waals surface area (Å²) in [4.78, 5) is 0. The molecule has 1 heterocycles. The van der Waals surface area contributed by atoms with Gasteiger partial charge in [-0.2, -0.15) is 0 Å². The molecule has 3 nitrogen and oxygen atoms in total. The van der Waals surface area contributed by atoms with Crippen molar-refractivity contribution >= 4 is 34.1 Å². The Kier molecular flexibility index (Phi) is 6.10. The van der Waals surface area contributed by atoms with Gasteiger partial charge in [-0.1, -0.05) is 59.6 Å². The molecule has 0 saturated carbocycles. The molecule has 0 amide bonds. The van der Waals surface area contributed by atoms with Crippen LogP contribution in [0.25, 0.3) is 10.9 Å². The maximum atomic E-state index is 6.39. The van der Waals surface area contributed by atoms with Gasteiger partial charge in [0.1, 0.15) is 5.75 Å². The number of hydrogen-bond acceptors (Lipinski definition) is 2. The highest BCUT2D eigenvalue weighted by molar-refractivity contribution is 6.36. The summed E-state index contributed by atoms with van der Waals surface area (Å²) in [6.07, 6.45) is 2.19. The Labute approximate surface area is 180 Å². The van der Waals surface area contributed by atoms with E-state index in [2.05, 4.69) is 52.5 Å². The van der Waals surface area contributed by atoms with Crippen LogP contribution in [-0.2, 0) is 19.6 Å². The topological polar surface area (TPSA) is 26.2 Å². The van der Waals surface area contributed by atoms with Crippen molar-refractivity contribution in [1.29, 1.82) is 0 Å². The molecule has 0 atom stereocenters. The Morgan fingerprint density at radius 1 is 0.862 bits per heavy atom. The maximum absolute atomic E-state index is 6.39. The SMILES string of the molecule is COc1ccc(CNCc2cn(Cc3c(Cl)cccc3Cl)c3ccccc23)cc1. The minimum atomic E-state index is 0.636. The molecular formula is C24H22Cl2N2O. The summed E-state index contributed by atoms with van der Waals surface area (Å²) in [6.45, 7) is 2.20. The molecule has 29 heavy (non-hydrogen) atoms. The number of para-hydroxylation sites is 1. The molecule has 0 bridgehead atoms. The van der Waals surface area contributed by atoms with Crippen LogP contribution in [0.3, 0.4) is 0 Å². The fourth-order valence-electron chi connectivity index (χ4n) is 3.53. The third kappa shape index (κ3) is 4.43. The average molecular weight is 425 g/mol. The number of nitrogens with one attached hydrogen (secondary N) is 1. The van der Waals surface area contributed by atoms with Gasteiger partial charge in [-0.25, -0.2) is 0 Å². The van der Waals surface area contributed by atoms with E-state index < -0.39 is 0 Å². The van der Waals surface area contributed by atoms with E-state index in [0.717, 1.165) is 24.4 Å². The molecule has 1 aromatic heterocycles. The minimum absolute atomic E-state index is 0.636. The van der Waals surface area contributed by atoms with Crippen LogP contribution < -0.4 is 10.1 Å². The monoisotopic (exact) mass is 424 g/mol. The highest BCUT2D eigenvalue weighted by atomic mass is 35.5. The summed E-state index contributed by atoms with van der Waals surface area (Å²) in [5, 5.41) is 6.15. The van der Waals surface area contributed by atoms with E-state index in [1.807, 2.05) is 30.3 Å². The molecule has 0 aliphatic carbocycles. The quantitative estimate of drug-likeness (QED) is 0.376. The summed E-state index contributed by atoms with van der Waals surface area (Å²) < 4.78 is 7.43. The fourth-order valence-corrected chi connectivity index (χ4v) is 4.05. The molecule has 0 spiro atoms. The van der Waals surface area contributed by atoms with Crippen LogP contribution in [0.4, 0.5) is 0 Å². The van der Waals surface area contributed by atoms with E-state index in [1.165, 1.54) is 22.0 Å². The first kappa shape index (κ1) is 19.8. The van der Waals surface area contributed by atoms with Gasteiger partial charge in [-0.15, -0.1) is 0 Å². The largest absolute Gasteiger partial charge is 0.497 e. The van der Waals surface area contributed by atoms with E-state index in [4.69, 9.17) is 27.9 Å². The van der Waals surface area contributed by atoms with Gasteiger partial charge in [-0.3, -0.25) is 0 Å². The molecule has 0 saturated heterocycles. The van der Waals surface area contributed by atoms with Crippen molar-refractivity contribution in [2.45, 2.75) is 19.6 Å². The Balaban J connectivity index is 1.54. The molecule has 148 valence electrons. The summed E-state index contributed by atoms with van der Waals surface area (Å²) in [5.41, 5.74) is 4.58. The van der Waals surface area contributed by atoms with Crippen LogP contribution in [-0.4, -0.2) is 11.7 Å². The van der Waals surface area contributed by atoms with Crippen LogP contribution in [0.15, 0.2) is 72.9 Å². The van der Waals surface area contributed by atoms with Gasteiger partial charge < -0.3 is 14.6 Å². The van der Waals surface area contributed by atoms with E-state index in [1.54, 1.807) is 7.11 Å². The number of methoxy groups -OCH3 is 1. The van der Waals surface area contributed by atoms with Crippen molar-refractivity contribution in [2.24, 2.45) is 0 Å². The first-order valence-corrected chi connectivity index (χ1v) is 10.2. The van der Waals surface area contributed by atoms with Crippen LogP contribution in [0.5, 0.6) is 5.75 Å². The van der Waals surface area contributed by atoms with Crippen molar-refractivity contribution in [3.05, 3.63) is 99.7 Å². The minimum Gasteiger partial charge on any atom is -0.497 e. The number of halogens is 2. The molecule has 0 aliphatic heterocycles. The smallest absolute Gasteiger partial charge is 0.118 e. The zero-order valence-corrected chi connectivity index (χ0v) is 17.7. The Bertz CT molecular complexity index is 1100. The second-order valence-electron chi connectivity index (χ2n) is 6.95. The summed E-state index contributed by atoms with van der Waals surface area (Å²) in [7, 11) is 1.68. The summed E-state index contributed by atoms with van der Waals surface area (Å²) in [5.74, 6) is 0.870. The molecule has 4 aromatic rings. The second-order valence-corrected chi connectivity index (χ2v) is 7.77. The molecule has 5 heteroatoms. The first-order chi connectivity index (χ1) is 14.2. The van der Waals surface area contributed by atoms with Gasteiger partial charge >= 0.3 is 0 Å². The number of aromatic nitrogens is 1. The normalized spacial score (nSPS) is 11.1. The third-order valence-corrected chi connectivity index (χ3v) is 5.77. The van der Waals surface area contributed by atoms with Crippen LogP contribution in [0, 0.1) is 0 Å². The standard InChI is InChI=1S/C24H22Cl2N2O/c1-29-19-11-9-17(10-12-19)13-27-14-18-15-28(24-8-3-2-5-20(18)24)16-21-22(25)6-4-7-23(21)26/h2-12,15,27H,13-14,16H2,1H3. The number of nitrogens with zero attached hydrogens (tertiary/aromatic N) is 1. The van der Waals surface area contributed by atoms with Crippen molar-refractivity contribution in [1.82, 2.24) is 9.88 Å².